The maximum atomic E-state index is 11.9. The van der Waals surface area contributed by atoms with E-state index in [1.165, 1.54) is 6.92 Å². The van der Waals surface area contributed by atoms with Crippen molar-refractivity contribution < 1.29 is 51.1 Å². The van der Waals surface area contributed by atoms with Crippen LogP contribution >= 0.6 is 0 Å². The molecule has 11 heteroatoms. The molecule has 0 aliphatic carbocycles. The summed E-state index contributed by atoms with van der Waals surface area (Å²) >= 11 is 0. The lowest BCUT2D eigenvalue weighted by atomic mass is 10.3. The van der Waals surface area contributed by atoms with E-state index in [2.05, 4.69) is 11.4 Å². The molecular formula is C7H6F6NO4+. The van der Waals surface area contributed by atoms with Crippen LogP contribution in [0, 0.1) is 0 Å². The van der Waals surface area contributed by atoms with Crippen LogP contribution < -0.4 is 0 Å². The van der Waals surface area contributed by atoms with Gasteiger partial charge in [-0.2, -0.15) is 17.6 Å². The molecule has 1 fully saturated rings. The Labute approximate surface area is 95.3 Å². The zero-order chi connectivity index (χ0) is 14.9. The van der Waals surface area contributed by atoms with Crippen molar-refractivity contribution in [2.24, 2.45) is 0 Å². The van der Waals surface area contributed by atoms with Crippen molar-refractivity contribution in [3.8, 4) is 0 Å². The Bertz CT molecular complexity index is 381. The van der Waals surface area contributed by atoms with E-state index in [-0.39, 0.29) is 5.57 Å². The molecule has 0 aromatic rings. The number of quaternary nitrogens is 1. The summed E-state index contributed by atoms with van der Waals surface area (Å²) < 4.78 is 70.8. The van der Waals surface area contributed by atoms with Crippen LogP contribution in [0.4, 0.5) is 26.5 Å². The number of carboxylic acid groups (broad SMARTS) is 1. The molecule has 0 saturated carbocycles. The molecular weight excluding hydrogens is 276 g/mol. The molecule has 0 aromatic heterocycles. The van der Waals surface area contributed by atoms with Gasteiger partial charge in [-0.05, 0) is 11.8 Å². The van der Waals surface area contributed by atoms with Crippen molar-refractivity contribution in [2.75, 3.05) is 0 Å². The number of hydroxylamine groups is 1. The summed E-state index contributed by atoms with van der Waals surface area (Å²) in [5, 5.41) is 3.42. The minimum atomic E-state index is -5.49. The quantitative estimate of drug-likeness (QED) is 0.453. The molecule has 104 valence electrons. The molecule has 1 aliphatic rings. The van der Waals surface area contributed by atoms with Gasteiger partial charge in [0.1, 0.15) is 0 Å². The van der Waals surface area contributed by atoms with Crippen molar-refractivity contribution in [1.82, 2.24) is 0 Å². The Morgan fingerprint density at radius 1 is 1.33 bits per heavy atom. The predicted molar refractivity (Wildman–Crippen MR) is 40.9 cm³/mol. The number of alkyl halides is 4. The highest BCUT2D eigenvalue weighted by Gasteiger charge is 2.86. The summed E-state index contributed by atoms with van der Waals surface area (Å²) in [4.78, 5) is 21.7. The molecule has 0 atom stereocenters. The van der Waals surface area contributed by atoms with Crippen LogP contribution in [0.5, 0.6) is 0 Å². The first-order valence-corrected chi connectivity index (χ1v) is 3.94. The Kier molecular flexibility index (Phi) is 4.16. The number of aliphatic carboxylic acids is 1. The molecule has 0 bridgehead atoms. The Hall–Kier alpha value is -1.62. The predicted octanol–water partition coefficient (Wildman–Crippen LogP) is 1.92. The number of carboxylic acids is 1. The summed E-state index contributed by atoms with van der Waals surface area (Å²) in [6.45, 7) is 4.60. The summed E-state index contributed by atoms with van der Waals surface area (Å²) in [5.41, 5.74) is 0.176. The van der Waals surface area contributed by atoms with Gasteiger partial charge < -0.3 is 5.11 Å². The lowest BCUT2D eigenvalue weighted by molar-refractivity contribution is -1.25. The average Bonchev–Trinajstić information content (AvgIpc) is 2.24. The topological polar surface area (TPSA) is 63.6 Å². The Morgan fingerprint density at radius 2 is 1.67 bits per heavy atom. The SMILES string of the molecule is C=C(C)C(=O)O.O=C1C(F)(F)C(F)(F)O[N+]1(F)F. The van der Waals surface area contributed by atoms with E-state index in [4.69, 9.17) is 5.11 Å². The van der Waals surface area contributed by atoms with Crippen LogP contribution in [0.3, 0.4) is 0 Å². The number of hydrogen-bond donors (Lipinski definition) is 1. The maximum Gasteiger partial charge on any atom is 0.506 e. The van der Waals surface area contributed by atoms with Crippen molar-refractivity contribution in [3.63, 3.8) is 0 Å². The van der Waals surface area contributed by atoms with Gasteiger partial charge >= 0.3 is 23.9 Å². The van der Waals surface area contributed by atoms with Crippen LogP contribution in [0.2, 0.25) is 0 Å². The van der Waals surface area contributed by atoms with Crippen LogP contribution in [0.25, 0.3) is 0 Å². The fourth-order valence-electron chi connectivity index (χ4n) is 0.531. The molecule has 18 heavy (non-hydrogen) atoms. The van der Waals surface area contributed by atoms with Crippen molar-refractivity contribution in [3.05, 3.63) is 12.2 Å². The number of rotatable bonds is 1. The summed E-state index contributed by atoms with van der Waals surface area (Å²) in [7, 11) is 0. The monoisotopic (exact) mass is 282 g/mol. The average molecular weight is 282 g/mol. The first-order chi connectivity index (χ1) is 7.75. The minimum Gasteiger partial charge on any atom is -0.478 e. The lowest BCUT2D eigenvalue weighted by Crippen LogP contribution is -2.42. The molecule has 0 unspecified atom stereocenters. The second-order valence-electron chi connectivity index (χ2n) is 3.04. The van der Waals surface area contributed by atoms with E-state index in [0.29, 0.717) is 0 Å². The van der Waals surface area contributed by atoms with Gasteiger partial charge in [0.25, 0.3) is 5.09 Å². The van der Waals surface area contributed by atoms with Gasteiger partial charge in [0.15, 0.2) is 0 Å². The molecule has 1 heterocycles. The molecule has 0 radical (unpaired) electrons. The minimum absolute atomic E-state index is 0.176. The zero-order valence-electron chi connectivity index (χ0n) is 8.59. The normalized spacial score (nSPS) is 22.9. The van der Waals surface area contributed by atoms with Crippen molar-refractivity contribution >= 4 is 11.9 Å². The summed E-state index contributed by atoms with van der Waals surface area (Å²) in [5.74, 6) is -9.71. The maximum absolute atomic E-state index is 11.9. The molecule has 1 rings (SSSR count). The highest BCUT2D eigenvalue weighted by molar-refractivity contribution is 5.84. The fraction of sp³-hybridized carbons (Fsp3) is 0.429. The number of nitrogens with zero attached hydrogens (tertiary/aromatic N) is 1. The second-order valence-corrected chi connectivity index (χ2v) is 3.04. The number of hydrogen-bond acceptors (Lipinski definition) is 3. The van der Waals surface area contributed by atoms with Gasteiger partial charge in [0.2, 0.25) is 0 Å². The second kappa shape index (κ2) is 4.57. The Morgan fingerprint density at radius 3 is 1.72 bits per heavy atom. The van der Waals surface area contributed by atoms with Gasteiger partial charge in [-0.3, -0.25) is 0 Å². The molecule has 5 nitrogen and oxygen atoms in total. The lowest BCUT2D eigenvalue weighted by Gasteiger charge is -2.05. The van der Waals surface area contributed by atoms with Crippen LogP contribution in [-0.4, -0.2) is 34.1 Å². The number of carbonyl (C=O) groups is 2. The van der Waals surface area contributed by atoms with Crippen LogP contribution in [0.1, 0.15) is 6.92 Å². The van der Waals surface area contributed by atoms with Gasteiger partial charge in [-0.25, -0.2) is 9.59 Å². The van der Waals surface area contributed by atoms with Crippen LogP contribution in [0.15, 0.2) is 12.2 Å². The molecule has 1 amide bonds. The molecule has 1 aliphatic heterocycles. The highest BCUT2D eigenvalue weighted by Crippen LogP contribution is 2.47. The van der Waals surface area contributed by atoms with E-state index in [1.807, 2.05) is 0 Å². The first kappa shape index (κ1) is 16.4. The molecule has 0 aromatic carbocycles. The highest BCUT2D eigenvalue weighted by atomic mass is 19.4. The number of carbonyl (C=O) groups excluding carboxylic acids is 1. The van der Waals surface area contributed by atoms with Gasteiger partial charge in [-0.15, -0.1) is 0 Å². The third-order valence-electron chi connectivity index (χ3n) is 1.46. The number of halogens is 6. The smallest absolute Gasteiger partial charge is 0.478 e. The molecule has 1 N–H and O–H groups in total. The molecule has 1 saturated heterocycles. The Balaban J connectivity index is 0.000000411. The zero-order valence-corrected chi connectivity index (χ0v) is 8.59. The summed E-state index contributed by atoms with van der Waals surface area (Å²) in [6.07, 6.45) is -5.46. The van der Waals surface area contributed by atoms with Gasteiger partial charge in [0.05, 0.1) is 8.96 Å². The van der Waals surface area contributed by atoms with E-state index in [0.717, 1.165) is 0 Å². The third kappa shape index (κ3) is 2.98. The molecule has 0 spiro atoms. The van der Waals surface area contributed by atoms with Crippen molar-refractivity contribution in [1.29, 1.82) is 0 Å². The fourth-order valence-corrected chi connectivity index (χ4v) is 0.531. The van der Waals surface area contributed by atoms with E-state index in [1.54, 1.807) is 0 Å². The van der Waals surface area contributed by atoms with Gasteiger partial charge in [-0.1, -0.05) is 6.58 Å². The van der Waals surface area contributed by atoms with E-state index >= 15 is 0 Å². The standard InChI is InChI=1S/C4H6O2.C3F6NO2/c1-3(2)4(5)6;4-2(5)1(11)10(8,9)12-3(2,6)7/h1H2,2H3,(H,5,6);/q;+1. The van der Waals surface area contributed by atoms with Crippen LogP contribution in [-0.2, 0) is 14.4 Å². The summed E-state index contributed by atoms with van der Waals surface area (Å²) in [6, 6.07) is 0. The largest absolute Gasteiger partial charge is 0.506 e. The van der Waals surface area contributed by atoms with Gasteiger partial charge in [0, 0.05) is 5.57 Å². The third-order valence-corrected chi connectivity index (χ3v) is 1.46. The first-order valence-electron chi connectivity index (χ1n) is 3.94. The van der Waals surface area contributed by atoms with Crippen molar-refractivity contribution in [2.45, 2.75) is 19.0 Å². The van der Waals surface area contributed by atoms with E-state index < -0.39 is 29.0 Å². The van der Waals surface area contributed by atoms with E-state index in [9.17, 15) is 36.1 Å². The number of amides is 1.